The highest BCUT2D eigenvalue weighted by atomic mass is 32.2. The number of halogens is 1. The fourth-order valence-electron chi connectivity index (χ4n) is 2.93. The van der Waals surface area contributed by atoms with Crippen molar-refractivity contribution in [3.05, 3.63) is 70.2 Å². The van der Waals surface area contributed by atoms with E-state index in [2.05, 4.69) is 26.2 Å². The lowest BCUT2D eigenvalue weighted by Gasteiger charge is -2.13. The molecule has 1 N–H and O–H groups in total. The van der Waals surface area contributed by atoms with Crippen molar-refractivity contribution in [1.29, 1.82) is 0 Å². The zero-order valence-corrected chi connectivity index (χ0v) is 16.4. The number of anilines is 1. The predicted octanol–water partition coefficient (Wildman–Crippen LogP) is 3.24. The van der Waals surface area contributed by atoms with Crippen LogP contribution in [0.1, 0.15) is 24.1 Å². The van der Waals surface area contributed by atoms with Gasteiger partial charge in [0.25, 0.3) is 0 Å². The molecular weight excluding hydrogens is 403 g/mol. The summed E-state index contributed by atoms with van der Waals surface area (Å²) in [6.45, 7) is 3.69. The molecule has 0 bridgehead atoms. The molecule has 0 spiro atoms. The van der Waals surface area contributed by atoms with Crippen molar-refractivity contribution in [3.63, 3.8) is 0 Å². The summed E-state index contributed by atoms with van der Waals surface area (Å²) in [6, 6.07) is 11.4. The third-order valence-electron chi connectivity index (χ3n) is 4.26. The summed E-state index contributed by atoms with van der Waals surface area (Å²) in [5.41, 5.74) is 2.08. The maximum atomic E-state index is 14.7. The van der Waals surface area contributed by atoms with Crippen molar-refractivity contribution in [2.24, 2.45) is 0 Å². The highest BCUT2D eigenvalue weighted by Crippen LogP contribution is 2.27. The Bertz CT molecular complexity index is 1230. The molecule has 28 heavy (non-hydrogen) atoms. The van der Waals surface area contributed by atoms with Gasteiger partial charge in [-0.05, 0) is 31.5 Å². The Morgan fingerprint density at radius 1 is 1.43 bits per heavy atom. The molecule has 0 saturated carbocycles. The summed E-state index contributed by atoms with van der Waals surface area (Å²) in [6.07, 6.45) is 1.30. The lowest BCUT2D eigenvalue weighted by molar-refractivity contribution is 0.489. The molecule has 2 aromatic heterocycles. The number of aromatic nitrogens is 3. The van der Waals surface area contributed by atoms with Gasteiger partial charge in [0.15, 0.2) is 16.6 Å². The first-order chi connectivity index (χ1) is 13.5. The SMILES string of the molecule is Cc1ccc#cc1[C@@H](C)n1c(=O)oc2cc(S(=O)Nc3ncns3)c(F)cc21. The van der Waals surface area contributed by atoms with Gasteiger partial charge in [-0.2, -0.15) is 4.37 Å². The summed E-state index contributed by atoms with van der Waals surface area (Å²) in [5, 5.41) is 0.289. The molecule has 142 valence electrons. The molecule has 0 amide bonds. The number of hydrogen-bond acceptors (Lipinski definition) is 6. The van der Waals surface area contributed by atoms with Gasteiger partial charge in [-0.25, -0.2) is 18.4 Å². The average Bonchev–Trinajstić information content (AvgIpc) is 3.27. The van der Waals surface area contributed by atoms with E-state index in [1.54, 1.807) is 13.0 Å². The lowest BCUT2D eigenvalue weighted by Crippen LogP contribution is -2.19. The number of nitrogens with zero attached hydrogens (tertiary/aromatic N) is 3. The Labute approximate surface area is 165 Å². The summed E-state index contributed by atoms with van der Waals surface area (Å²) >= 11 is 0.993. The van der Waals surface area contributed by atoms with Crippen molar-refractivity contribution in [3.8, 4) is 0 Å². The van der Waals surface area contributed by atoms with Crippen LogP contribution in [0.2, 0.25) is 0 Å². The van der Waals surface area contributed by atoms with E-state index in [0.29, 0.717) is 0 Å². The lowest BCUT2D eigenvalue weighted by atomic mass is 10.0. The van der Waals surface area contributed by atoms with Crippen LogP contribution in [0.3, 0.4) is 0 Å². The van der Waals surface area contributed by atoms with Crippen molar-refractivity contribution < 1.29 is 13.0 Å². The number of oxazole rings is 1. The highest BCUT2D eigenvalue weighted by molar-refractivity contribution is 7.86. The second-order valence-corrected chi connectivity index (χ2v) is 7.94. The van der Waals surface area contributed by atoms with Gasteiger partial charge in [-0.3, -0.25) is 9.29 Å². The van der Waals surface area contributed by atoms with Crippen molar-refractivity contribution >= 4 is 38.7 Å². The number of hydrogen-bond donors (Lipinski definition) is 1. The molecule has 4 rings (SSSR count). The molecule has 0 radical (unpaired) electrons. The van der Waals surface area contributed by atoms with Gasteiger partial charge in [0.05, 0.1) is 16.5 Å². The minimum atomic E-state index is -1.93. The standard InChI is InChI=1S/C18H13FN4O3S2/c1-10-5-3-4-6-12(10)11(2)23-14-7-13(19)16(8-15(14)26-18(23)24)28(25)22-17-20-9-21-27-17/h3,5,7-9,11H,1-2H3,(H,20,21,22)/t11-,28?/m1/s1. The number of fused-ring (bicyclic) bond motifs is 1. The van der Waals surface area contributed by atoms with Gasteiger partial charge >= 0.3 is 5.76 Å². The minimum Gasteiger partial charge on any atom is -0.408 e. The second-order valence-electron chi connectivity index (χ2n) is 5.98. The van der Waals surface area contributed by atoms with E-state index in [-0.39, 0.29) is 21.1 Å². The quantitative estimate of drug-likeness (QED) is 0.539. The van der Waals surface area contributed by atoms with Crippen LogP contribution in [0, 0.1) is 24.9 Å². The number of rotatable bonds is 5. The molecule has 1 unspecified atom stereocenters. The Morgan fingerprint density at radius 2 is 2.25 bits per heavy atom. The first-order valence-electron chi connectivity index (χ1n) is 8.14. The monoisotopic (exact) mass is 416 g/mol. The van der Waals surface area contributed by atoms with Gasteiger partial charge in [-0.1, -0.05) is 12.1 Å². The molecular formula is C18H13FN4O3S2. The smallest absolute Gasteiger partial charge is 0.408 e. The maximum absolute atomic E-state index is 14.7. The number of benzene rings is 1. The zero-order chi connectivity index (χ0) is 19.8. The van der Waals surface area contributed by atoms with Gasteiger partial charge in [0.2, 0.25) is 5.13 Å². The topological polar surface area (TPSA) is 90.0 Å². The zero-order valence-electron chi connectivity index (χ0n) is 14.7. The van der Waals surface area contributed by atoms with E-state index < -0.39 is 28.6 Å². The average molecular weight is 416 g/mol. The van der Waals surface area contributed by atoms with Crippen LogP contribution in [0.15, 0.2) is 44.7 Å². The fraction of sp³-hybridized carbons (Fsp3) is 0.167. The Balaban J connectivity index is 1.78. The fourth-order valence-corrected chi connectivity index (χ4v) is 4.37. The molecule has 0 saturated heterocycles. The van der Waals surface area contributed by atoms with Crippen LogP contribution in [-0.4, -0.2) is 18.1 Å². The summed E-state index contributed by atoms with van der Waals surface area (Å²) in [5.74, 6) is -1.37. The normalized spacial score (nSPS) is 13.2. The number of aryl methyl sites for hydroxylation is 1. The summed E-state index contributed by atoms with van der Waals surface area (Å²) < 4.78 is 40.1. The Morgan fingerprint density at radius 3 is 2.96 bits per heavy atom. The van der Waals surface area contributed by atoms with Crippen LogP contribution >= 0.6 is 11.5 Å². The van der Waals surface area contributed by atoms with Gasteiger partial charge in [0, 0.05) is 29.2 Å². The third-order valence-corrected chi connectivity index (χ3v) is 6.06. The molecule has 0 aliphatic rings. The van der Waals surface area contributed by atoms with Crippen LogP contribution in [0.25, 0.3) is 11.1 Å². The van der Waals surface area contributed by atoms with E-state index in [1.165, 1.54) is 17.0 Å². The molecule has 2 heterocycles. The van der Waals surface area contributed by atoms with Gasteiger partial charge < -0.3 is 4.42 Å². The molecule has 0 aliphatic heterocycles. The largest absolute Gasteiger partial charge is 0.420 e. The maximum Gasteiger partial charge on any atom is 0.420 e. The highest BCUT2D eigenvalue weighted by Gasteiger charge is 2.22. The summed E-state index contributed by atoms with van der Waals surface area (Å²) in [4.78, 5) is 16.2. The molecule has 10 heteroatoms. The Hall–Kier alpha value is -3.03. The van der Waals surface area contributed by atoms with Crippen LogP contribution < -0.4 is 10.5 Å². The van der Waals surface area contributed by atoms with Crippen LogP contribution in [-0.2, 0) is 11.0 Å². The van der Waals surface area contributed by atoms with Crippen molar-refractivity contribution in [1.82, 2.24) is 13.9 Å². The Kier molecular flexibility index (Phi) is 4.70. The minimum absolute atomic E-state index is 0.137. The molecule has 2 atom stereocenters. The third kappa shape index (κ3) is 3.19. The van der Waals surface area contributed by atoms with Gasteiger partial charge in [0.1, 0.15) is 12.1 Å². The molecule has 0 fully saturated rings. The molecule has 4 aromatic rings. The van der Waals surface area contributed by atoms with E-state index in [4.69, 9.17) is 4.42 Å². The second kappa shape index (κ2) is 7.18. The molecule has 0 aliphatic carbocycles. The molecule has 2 aromatic carbocycles. The van der Waals surface area contributed by atoms with Crippen molar-refractivity contribution in [2.75, 3.05) is 4.72 Å². The van der Waals surface area contributed by atoms with Crippen molar-refractivity contribution in [2.45, 2.75) is 24.8 Å². The van der Waals surface area contributed by atoms with Gasteiger partial charge in [-0.15, -0.1) is 0 Å². The first kappa shape index (κ1) is 18.3. The van der Waals surface area contributed by atoms with Crippen LogP contribution in [0.5, 0.6) is 0 Å². The van der Waals surface area contributed by atoms with Crippen LogP contribution in [0.4, 0.5) is 9.52 Å². The predicted molar refractivity (Wildman–Crippen MR) is 103 cm³/mol. The molecule has 7 nitrogen and oxygen atoms in total. The van der Waals surface area contributed by atoms with E-state index in [0.717, 1.165) is 28.7 Å². The first-order valence-corrected chi connectivity index (χ1v) is 10.1. The van der Waals surface area contributed by atoms with E-state index in [9.17, 15) is 13.4 Å². The van der Waals surface area contributed by atoms with E-state index >= 15 is 0 Å². The number of nitrogens with one attached hydrogen (secondary N) is 1. The van der Waals surface area contributed by atoms with E-state index in [1.807, 2.05) is 13.0 Å². The summed E-state index contributed by atoms with van der Waals surface area (Å²) in [7, 11) is -1.93.